The van der Waals surface area contributed by atoms with E-state index in [9.17, 15) is 4.79 Å². The molecular formula is C22H30N2O3. The fourth-order valence-electron chi connectivity index (χ4n) is 6.36. The van der Waals surface area contributed by atoms with Gasteiger partial charge in [0.05, 0.1) is 6.54 Å². The molecule has 5 heteroatoms. The highest BCUT2D eigenvalue weighted by atomic mass is 16.7. The average Bonchev–Trinajstić information content (AvgIpc) is 3.06. The predicted octanol–water partition coefficient (Wildman–Crippen LogP) is 3.02. The number of nitrogens with one attached hydrogen (secondary N) is 2. The van der Waals surface area contributed by atoms with Crippen LogP contribution in [0.25, 0.3) is 0 Å². The number of benzene rings is 1. The van der Waals surface area contributed by atoms with Crippen molar-refractivity contribution in [1.29, 1.82) is 0 Å². The number of rotatable bonds is 6. The van der Waals surface area contributed by atoms with Crippen LogP contribution < -0.4 is 20.1 Å². The molecule has 4 saturated carbocycles. The predicted molar refractivity (Wildman–Crippen MR) is 103 cm³/mol. The van der Waals surface area contributed by atoms with E-state index in [4.69, 9.17) is 9.47 Å². The fourth-order valence-corrected chi connectivity index (χ4v) is 6.36. The lowest BCUT2D eigenvalue weighted by molar-refractivity contribution is -0.126. The van der Waals surface area contributed by atoms with Gasteiger partial charge in [0.2, 0.25) is 12.7 Å². The maximum absolute atomic E-state index is 12.6. The molecule has 1 aromatic carbocycles. The lowest BCUT2D eigenvalue weighted by Gasteiger charge is -2.56. The molecule has 4 bridgehead atoms. The van der Waals surface area contributed by atoms with Crippen molar-refractivity contribution in [3.63, 3.8) is 0 Å². The molecule has 1 heterocycles. The number of amides is 1. The summed E-state index contributed by atoms with van der Waals surface area (Å²) >= 11 is 0. The van der Waals surface area contributed by atoms with Crippen molar-refractivity contribution in [2.24, 2.45) is 17.8 Å². The van der Waals surface area contributed by atoms with E-state index in [1.807, 2.05) is 12.1 Å². The first-order valence-corrected chi connectivity index (χ1v) is 10.5. The summed E-state index contributed by atoms with van der Waals surface area (Å²) in [6, 6.07) is 6.30. The normalized spacial score (nSPS) is 33.9. The highest BCUT2D eigenvalue weighted by Gasteiger charge is 2.51. The van der Waals surface area contributed by atoms with Gasteiger partial charge in [-0.2, -0.15) is 0 Å². The maximum atomic E-state index is 12.6. The zero-order chi connectivity index (χ0) is 18.4. The smallest absolute Gasteiger partial charge is 0.234 e. The van der Waals surface area contributed by atoms with Gasteiger partial charge in [0.25, 0.3) is 0 Å². The highest BCUT2D eigenvalue weighted by Crippen LogP contribution is 2.55. The molecule has 4 aliphatic carbocycles. The van der Waals surface area contributed by atoms with E-state index in [0.717, 1.165) is 35.7 Å². The van der Waals surface area contributed by atoms with Crippen LogP contribution in [0.15, 0.2) is 18.2 Å². The third-order valence-electron chi connectivity index (χ3n) is 7.03. The minimum absolute atomic E-state index is 0.105. The minimum Gasteiger partial charge on any atom is -0.454 e. The number of hydrogen-bond donors (Lipinski definition) is 2. The Kier molecular flexibility index (Phi) is 4.30. The molecule has 1 atom stereocenters. The van der Waals surface area contributed by atoms with Gasteiger partial charge in [-0.25, -0.2) is 0 Å². The fraction of sp³-hybridized carbons (Fsp3) is 0.682. The van der Waals surface area contributed by atoms with Gasteiger partial charge >= 0.3 is 0 Å². The van der Waals surface area contributed by atoms with Gasteiger partial charge in [-0.1, -0.05) is 6.07 Å². The Labute approximate surface area is 161 Å². The standard InChI is InChI=1S/C22H30N2O3/c1-14(4-15-2-3-19-20(8-15)27-13-26-19)23-12-21(25)24-22-9-16-5-17(10-22)7-18(6-16)11-22/h2-3,8,14,16-18,23H,4-7,9-13H2,1H3,(H,24,25)/t14-,16?,17?,18?,22?/m1/s1. The summed E-state index contributed by atoms with van der Waals surface area (Å²) in [6.07, 6.45) is 8.69. The molecule has 5 aliphatic rings. The second kappa shape index (κ2) is 6.69. The highest BCUT2D eigenvalue weighted by molar-refractivity contribution is 5.79. The van der Waals surface area contributed by atoms with Crippen LogP contribution in [0.1, 0.15) is 51.0 Å². The Hall–Kier alpha value is -1.75. The molecule has 146 valence electrons. The molecule has 0 spiro atoms. The molecule has 0 saturated heterocycles. The Bertz CT molecular complexity index is 697. The summed E-state index contributed by atoms with van der Waals surface area (Å²) in [4.78, 5) is 12.6. The zero-order valence-corrected chi connectivity index (χ0v) is 16.1. The quantitative estimate of drug-likeness (QED) is 0.808. The molecule has 0 unspecified atom stereocenters. The Morgan fingerprint density at radius 2 is 1.78 bits per heavy atom. The first kappa shape index (κ1) is 17.4. The molecule has 1 amide bonds. The third kappa shape index (κ3) is 3.54. The molecular weight excluding hydrogens is 340 g/mol. The van der Waals surface area contributed by atoms with E-state index in [0.29, 0.717) is 13.3 Å². The molecule has 4 fully saturated rings. The number of ether oxygens (including phenoxy) is 2. The summed E-state index contributed by atoms with van der Waals surface area (Å²) in [5.41, 5.74) is 1.30. The van der Waals surface area contributed by atoms with Gasteiger partial charge in [-0.3, -0.25) is 4.79 Å². The zero-order valence-electron chi connectivity index (χ0n) is 16.1. The first-order chi connectivity index (χ1) is 13.1. The van der Waals surface area contributed by atoms with E-state index in [1.54, 1.807) is 0 Å². The van der Waals surface area contributed by atoms with Gasteiger partial charge in [0.15, 0.2) is 11.5 Å². The minimum atomic E-state index is 0.105. The summed E-state index contributed by atoms with van der Waals surface area (Å²) in [5.74, 6) is 4.36. The molecule has 0 radical (unpaired) electrons. The molecule has 2 N–H and O–H groups in total. The molecule has 0 aromatic heterocycles. The second-order valence-corrected chi connectivity index (χ2v) is 9.42. The molecule has 27 heavy (non-hydrogen) atoms. The maximum Gasteiger partial charge on any atom is 0.234 e. The SMILES string of the molecule is C[C@H](Cc1ccc2c(c1)OCO2)NCC(=O)NC12CC3CC(CC(C3)C1)C2. The third-order valence-corrected chi connectivity index (χ3v) is 7.03. The molecule has 5 nitrogen and oxygen atoms in total. The molecule has 6 rings (SSSR count). The lowest BCUT2D eigenvalue weighted by Crippen LogP contribution is -2.61. The monoisotopic (exact) mass is 370 g/mol. The van der Waals surface area contributed by atoms with Crippen molar-refractivity contribution in [2.75, 3.05) is 13.3 Å². The summed E-state index contributed by atoms with van der Waals surface area (Å²) in [7, 11) is 0. The number of fused-ring (bicyclic) bond motifs is 1. The largest absolute Gasteiger partial charge is 0.454 e. The Morgan fingerprint density at radius 1 is 1.11 bits per heavy atom. The van der Waals surface area contributed by atoms with Crippen LogP contribution in [0, 0.1) is 17.8 Å². The Morgan fingerprint density at radius 3 is 2.48 bits per heavy atom. The van der Waals surface area contributed by atoms with Crippen molar-refractivity contribution in [2.45, 2.75) is 63.5 Å². The van der Waals surface area contributed by atoms with Crippen LogP contribution in [0.3, 0.4) is 0 Å². The van der Waals surface area contributed by atoms with Gasteiger partial charge in [-0.15, -0.1) is 0 Å². The van der Waals surface area contributed by atoms with Crippen LogP contribution >= 0.6 is 0 Å². The summed E-state index contributed by atoms with van der Waals surface area (Å²) in [5, 5.41) is 6.84. The van der Waals surface area contributed by atoms with Crippen molar-refractivity contribution >= 4 is 5.91 Å². The van der Waals surface area contributed by atoms with Crippen molar-refractivity contribution in [1.82, 2.24) is 10.6 Å². The van der Waals surface area contributed by atoms with E-state index in [-0.39, 0.29) is 17.5 Å². The van der Waals surface area contributed by atoms with E-state index < -0.39 is 0 Å². The van der Waals surface area contributed by atoms with Crippen LogP contribution in [0.2, 0.25) is 0 Å². The summed E-state index contributed by atoms with van der Waals surface area (Å²) < 4.78 is 10.8. The van der Waals surface area contributed by atoms with Crippen LogP contribution in [0.4, 0.5) is 0 Å². The van der Waals surface area contributed by atoms with Crippen LogP contribution in [-0.2, 0) is 11.2 Å². The van der Waals surface area contributed by atoms with E-state index in [2.05, 4.69) is 23.6 Å². The van der Waals surface area contributed by atoms with Gasteiger partial charge in [-0.05, 0) is 87.3 Å². The number of carbonyl (C=O) groups excluding carboxylic acids is 1. The average molecular weight is 370 g/mol. The first-order valence-electron chi connectivity index (χ1n) is 10.5. The molecule has 1 aliphatic heterocycles. The topological polar surface area (TPSA) is 59.6 Å². The van der Waals surface area contributed by atoms with Crippen molar-refractivity contribution in [3.05, 3.63) is 23.8 Å². The van der Waals surface area contributed by atoms with Gasteiger partial charge in [0.1, 0.15) is 0 Å². The van der Waals surface area contributed by atoms with Crippen LogP contribution in [0.5, 0.6) is 11.5 Å². The van der Waals surface area contributed by atoms with Crippen molar-refractivity contribution in [3.8, 4) is 11.5 Å². The molecule has 1 aromatic rings. The number of carbonyl (C=O) groups is 1. The number of hydrogen-bond acceptors (Lipinski definition) is 4. The lowest BCUT2D eigenvalue weighted by atomic mass is 9.53. The van der Waals surface area contributed by atoms with E-state index >= 15 is 0 Å². The Balaban J connectivity index is 1.12. The van der Waals surface area contributed by atoms with Gasteiger partial charge < -0.3 is 20.1 Å². The summed E-state index contributed by atoms with van der Waals surface area (Å²) in [6.45, 7) is 2.83. The van der Waals surface area contributed by atoms with Gasteiger partial charge in [0, 0.05) is 11.6 Å². The van der Waals surface area contributed by atoms with Crippen molar-refractivity contribution < 1.29 is 14.3 Å². The second-order valence-electron chi connectivity index (χ2n) is 9.42. The van der Waals surface area contributed by atoms with E-state index in [1.165, 1.54) is 44.1 Å². The van der Waals surface area contributed by atoms with Crippen LogP contribution in [-0.4, -0.2) is 30.8 Å².